The number of phenols is 2. The fraction of sp³-hybridized carbons (Fsp3) is 0.391. The molecule has 478 valence electrons. The Labute approximate surface area is 526 Å². The van der Waals surface area contributed by atoms with E-state index in [4.69, 9.17) is 24.7 Å². The molecule has 4 atom stereocenters. The molecule has 22 heteroatoms. The van der Waals surface area contributed by atoms with Gasteiger partial charge in [-0.15, -0.1) is 0 Å². The van der Waals surface area contributed by atoms with Gasteiger partial charge in [0.15, 0.2) is 23.0 Å². The number of benzene rings is 5. The van der Waals surface area contributed by atoms with Crippen molar-refractivity contribution in [3.63, 3.8) is 0 Å². The number of nitrogens with two attached hydrogens (primary N) is 1. The maximum Gasteiger partial charge on any atom is 0.340 e. The molecule has 1 aliphatic carbocycles. The first-order valence-corrected chi connectivity index (χ1v) is 31.0. The first-order chi connectivity index (χ1) is 43.9. The van der Waals surface area contributed by atoms with E-state index in [0.717, 1.165) is 44.3 Å². The van der Waals surface area contributed by atoms with Crippen LogP contribution in [0.4, 0.5) is 0 Å². The van der Waals surface area contributed by atoms with Crippen molar-refractivity contribution in [2.75, 3.05) is 39.5 Å². The van der Waals surface area contributed by atoms with Crippen molar-refractivity contribution in [3.05, 3.63) is 166 Å². The Kier molecular flexibility index (Phi) is 22.6. The summed E-state index contributed by atoms with van der Waals surface area (Å²) in [5, 5.41) is 34.6. The monoisotopic (exact) mass is 1240 g/mol. The zero-order chi connectivity index (χ0) is 64.4. The van der Waals surface area contributed by atoms with Gasteiger partial charge in [0.05, 0.1) is 31.4 Å². The molecule has 91 heavy (non-hydrogen) atoms. The summed E-state index contributed by atoms with van der Waals surface area (Å²) in [6, 6.07) is 25.8. The predicted molar refractivity (Wildman–Crippen MR) is 331 cm³/mol. The minimum absolute atomic E-state index is 0.0178. The van der Waals surface area contributed by atoms with Crippen LogP contribution in [0.1, 0.15) is 149 Å². The molecule has 3 aliphatic heterocycles. The number of carbonyl (C=O) groups excluding carboxylic acids is 10. The van der Waals surface area contributed by atoms with Crippen LogP contribution in [0.15, 0.2) is 121 Å². The van der Waals surface area contributed by atoms with Crippen molar-refractivity contribution in [1.82, 2.24) is 26.6 Å². The van der Waals surface area contributed by atoms with E-state index in [0.29, 0.717) is 46.2 Å². The quantitative estimate of drug-likeness (QED) is 0.0225. The lowest BCUT2D eigenvalue weighted by Crippen LogP contribution is -2.55. The van der Waals surface area contributed by atoms with Crippen molar-refractivity contribution in [2.24, 2.45) is 17.6 Å². The third-order valence-electron chi connectivity index (χ3n) is 16.8. The van der Waals surface area contributed by atoms with Crippen molar-refractivity contribution >= 4 is 58.8 Å². The molecule has 1 saturated carbocycles. The van der Waals surface area contributed by atoms with E-state index in [9.17, 15) is 58.2 Å². The van der Waals surface area contributed by atoms with Gasteiger partial charge in [0.2, 0.25) is 29.5 Å². The molecule has 9 N–H and O–H groups in total. The van der Waals surface area contributed by atoms with Gasteiger partial charge in [-0.2, -0.15) is 0 Å². The molecule has 4 aliphatic rings. The number of ether oxygens (including phenoxy) is 4. The van der Waals surface area contributed by atoms with Gasteiger partial charge in [-0.3, -0.25) is 43.2 Å². The van der Waals surface area contributed by atoms with Gasteiger partial charge >= 0.3 is 5.97 Å². The molecule has 1 spiro atoms. The van der Waals surface area contributed by atoms with Crippen molar-refractivity contribution in [3.8, 4) is 23.0 Å². The highest BCUT2D eigenvalue weighted by molar-refractivity contribution is 6.09. The Morgan fingerprint density at radius 2 is 1.29 bits per heavy atom. The number of carbonyl (C=O) groups is 10. The average Bonchev–Trinajstić information content (AvgIpc) is 1.61. The van der Waals surface area contributed by atoms with Crippen molar-refractivity contribution in [1.29, 1.82) is 0 Å². The van der Waals surface area contributed by atoms with Crippen LogP contribution < -0.4 is 37.1 Å². The smallest absolute Gasteiger partial charge is 0.340 e. The van der Waals surface area contributed by atoms with E-state index < -0.39 is 83.3 Å². The molecule has 0 radical (unpaired) electrons. The summed E-state index contributed by atoms with van der Waals surface area (Å²) in [6.07, 6.45) is 7.37. The lowest BCUT2D eigenvalue weighted by atomic mass is 9.77. The number of hydrogen-bond acceptors (Lipinski definition) is 16. The fourth-order valence-corrected chi connectivity index (χ4v) is 12.0. The maximum atomic E-state index is 14.5. The third kappa shape index (κ3) is 17.2. The molecule has 0 saturated heterocycles. The van der Waals surface area contributed by atoms with E-state index in [1.165, 1.54) is 30.3 Å². The molecule has 9 rings (SSSR count). The SMILES string of the molecule is NC(=O)CC[C@@H]1CC(=O)/C=C/C(=O)N[C@H](C(=O)CCCOCCOCCNC(=O)c2ccc3c(c2)C(=O)OC32c3ccc(O)cc3Oc3cc(O)ccc32)CCCCNC(=O)[C@@H](Cc2ccc(C(=O)c3ccccc3)cc2)NC(=O)[C@H](CC2CCCCC2)NC1=O. The Bertz CT molecular complexity index is 3490. The molecule has 1 fully saturated rings. The second-order valence-corrected chi connectivity index (χ2v) is 23.4. The largest absolute Gasteiger partial charge is 0.508 e. The summed E-state index contributed by atoms with van der Waals surface area (Å²) in [7, 11) is 0. The maximum absolute atomic E-state index is 14.5. The predicted octanol–water partition coefficient (Wildman–Crippen LogP) is 6.37. The average molecular weight is 1250 g/mol. The second-order valence-electron chi connectivity index (χ2n) is 23.4. The van der Waals surface area contributed by atoms with E-state index in [-0.39, 0.29) is 136 Å². The van der Waals surface area contributed by atoms with Gasteiger partial charge in [-0.05, 0) is 92.5 Å². The number of amides is 6. The molecule has 22 nitrogen and oxygen atoms in total. The van der Waals surface area contributed by atoms with Crippen LogP contribution in [0.5, 0.6) is 23.0 Å². The minimum Gasteiger partial charge on any atom is -0.508 e. The number of primary amides is 1. The van der Waals surface area contributed by atoms with Crippen LogP contribution in [0.25, 0.3) is 0 Å². The number of nitrogens with one attached hydrogen (secondary N) is 5. The topological polar surface area (TPSA) is 334 Å². The molecule has 3 heterocycles. The molecule has 0 unspecified atom stereocenters. The number of ketones is 3. The lowest BCUT2D eigenvalue weighted by molar-refractivity contribution is -0.134. The number of Topliss-reactive ketones (excluding diaryl/α,β-unsaturated/α-hetero) is 1. The van der Waals surface area contributed by atoms with E-state index in [2.05, 4.69) is 26.6 Å². The number of fused-ring (bicyclic) bond motifs is 6. The standard InChI is InChI=1S/C69H76N6O16/c70-61(80)28-21-46-38-48(76)24-29-62(81)73-55(14-7-8-30-71-66(85)56(75-67(86)57(74-65(46)84)36-42-10-3-1-4-11-42)37-43-16-18-45(19-17-43)63(82)44-12-5-2-6-13-44)58(79)15-9-32-88-34-35-89-33-31-72-64(83)47-20-25-52-51(39-47)68(87)91-69(52)53-26-22-49(77)40-59(53)90-60-41-50(78)23-27-54(60)69/h2,5-6,12-13,16-20,22-27,29,39-42,46,55-57,77-78H,1,3-4,7-11,14-15,21,28,30-38H2,(H2,70,80)(H,71,85)(H,72,83)(H,73,81)(H,74,84)(H,75,86)/b29-24+/t46-,55+,56-,57+/m1/s1. The van der Waals surface area contributed by atoms with E-state index >= 15 is 0 Å². The number of esters is 1. The molecular formula is C69H76N6O16. The first kappa shape index (κ1) is 65.9. The Morgan fingerprint density at radius 1 is 0.637 bits per heavy atom. The lowest BCUT2D eigenvalue weighted by Gasteiger charge is -2.36. The van der Waals surface area contributed by atoms with Crippen LogP contribution >= 0.6 is 0 Å². The molecule has 0 aromatic heterocycles. The highest BCUT2D eigenvalue weighted by Gasteiger charge is 2.54. The van der Waals surface area contributed by atoms with Crippen molar-refractivity contribution < 1.29 is 77.1 Å². The van der Waals surface area contributed by atoms with Crippen LogP contribution in [0, 0.1) is 11.8 Å². The Hall–Kier alpha value is -9.54. The minimum atomic E-state index is -1.47. The Morgan fingerprint density at radius 3 is 1.99 bits per heavy atom. The van der Waals surface area contributed by atoms with E-state index in [1.54, 1.807) is 72.8 Å². The third-order valence-corrected chi connectivity index (χ3v) is 16.8. The summed E-state index contributed by atoms with van der Waals surface area (Å²) >= 11 is 0. The van der Waals surface area contributed by atoms with Gasteiger partial charge in [-0.1, -0.05) is 92.8 Å². The summed E-state index contributed by atoms with van der Waals surface area (Å²) in [4.78, 5) is 135. The van der Waals surface area contributed by atoms with Crippen LogP contribution in [-0.2, 0) is 59.8 Å². The fourth-order valence-electron chi connectivity index (χ4n) is 12.0. The van der Waals surface area contributed by atoms with Gasteiger partial charge in [0.25, 0.3) is 5.91 Å². The second kappa shape index (κ2) is 31.3. The highest BCUT2D eigenvalue weighted by atomic mass is 16.6. The van der Waals surface area contributed by atoms with Crippen molar-refractivity contribution in [2.45, 2.75) is 120 Å². The van der Waals surface area contributed by atoms with Crippen LogP contribution in [-0.4, -0.2) is 127 Å². The van der Waals surface area contributed by atoms with Gasteiger partial charge < -0.3 is 61.5 Å². The molecule has 6 amide bonds. The van der Waals surface area contributed by atoms with Gasteiger partial charge in [0.1, 0.15) is 35.1 Å². The summed E-state index contributed by atoms with van der Waals surface area (Å²) < 4.78 is 23.5. The first-order valence-electron chi connectivity index (χ1n) is 31.0. The number of allylic oxidation sites excluding steroid dienone is 1. The number of phenolic OH excluding ortho intramolecular Hbond substituents is 2. The molecule has 5 aromatic rings. The summed E-state index contributed by atoms with van der Waals surface area (Å²) in [5.41, 5.74) is 7.30. The summed E-state index contributed by atoms with van der Waals surface area (Å²) in [6.45, 7) is 0.883. The molecule has 0 bridgehead atoms. The zero-order valence-electron chi connectivity index (χ0n) is 50.5. The number of aromatic hydroxyl groups is 2. The number of hydrogen-bond donors (Lipinski definition) is 8. The Balaban J connectivity index is 0.774. The van der Waals surface area contributed by atoms with Crippen LogP contribution in [0.2, 0.25) is 0 Å². The van der Waals surface area contributed by atoms with Gasteiger partial charge in [-0.25, -0.2) is 4.79 Å². The van der Waals surface area contributed by atoms with E-state index in [1.807, 2.05) is 6.07 Å². The van der Waals surface area contributed by atoms with Gasteiger partial charge in [0, 0.05) is 103 Å². The zero-order valence-corrected chi connectivity index (χ0v) is 50.5. The highest BCUT2D eigenvalue weighted by Crippen LogP contribution is 2.57. The number of rotatable bonds is 21. The molecule has 5 aromatic carbocycles. The van der Waals surface area contributed by atoms with Crippen LogP contribution in [0.3, 0.4) is 0 Å². The normalized spacial score (nSPS) is 20.0. The summed E-state index contributed by atoms with van der Waals surface area (Å²) in [5.74, 6) is -6.22. The molecular weight excluding hydrogens is 1170 g/mol.